The van der Waals surface area contributed by atoms with Crippen molar-refractivity contribution >= 4 is 17.7 Å². The zero-order chi connectivity index (χ0) is 28.7. The van der Waals surface area contributed by atoms with Crippen LogP contribution in [0.1, 0.15) is 91.9 Å². The van der Waals surface area contributed by atoms with Crippen LogP contribution in [0, 0.1) is 28.6 Å². The molecule has 5 rings (SSSR count). The Kier molecular flexibility index (Phi) is 8.35. The minimum atomic E-state index is -1.31. The molecule has 0 aromatic rings. The Morgan fingerprint density at radius 2 is 1.93 bits per heavy atom. The molecule has 5 aliphatic rings. The third kappa shape index (κ3) is 4.68. The zero-order valence-corrected chi connectivity index (χ0v) is 24.5. The van der Waals surface area contributed by atoms with E-state index in [-0.39, 0.29) is 35.9 Å². The van der Waals surface area contributed by atoms with Gasteiger partial charge in [-0.3, -0.25) is 9.59 Å². The molecule has 1 saturated heterocycles. The van der Waals surface area contributed by atoms with E-state index in [1.165, 1.54) is 0 Å². The summed E-state index contributed by atoms with van der Waals surface area (Å²) in [6.45, 7) is 8.16. The van der Waals surface area contributed by atoms with Gasteiger partial charge in [0.2, 0.25) is 5.78 Å². The Hall–Kier alpha value is -2.03. The molecule has 8 nitrogen and oxygen atoms in total. The van der Waals surface area contributed by atoms with E-state index in [2.05, 4.69) is 26.8 Å². The number of ketones is 2. The van der Waals surface area contributed by atoms with Gasteiger partial charge in [-0.25, -0.2) is 4.79 Å². The van der Waals surface area contributed by atoms with Crippen molar-refractivity contribution < 1.29 is 38.4 Å². The van der Waals surface area contributed by atoms with Crippen LogP contribution in [0.15, 0.2) is 23.8 Å². The first-order valence-corrected chi connectivity index (χ1v) is 15.4. The molecule has 0 radical (unpaired) electrons. The van der Waals surface area contributed by atoms with E-state index in [1.54, 1.807) is 6.08 Å². The predicted octanol–water partition coefficient (Wildman–Crippen LogP) is 5.46. The maximum atomic E-state index is 14.1. The molecule has 3 fully saturated rings. The molecule has 1 N–H and O–H groups in total. The van der Waals surface area contributed by atoms with Gasteiger partial charge >= 0.3 is 6.16 Å². The molecule has 40 heavy (non-hydrogen) atoms. The highest BCUT2D eigenvalue weighted by Crippen LogP contribution is 2.69. The zero-order valence-electron chi connectivity index (χ0n) is 24.5. The van der Waals surface area contributed by atoms with Gasteiger partial charge in [0.05, 0.1) is 18.8 Å². The number of hydrogen-bond donors (Lipinski definition) is 1. The molecule has 222 valence electrons. The van der Waals surface area contributed by atoms with Crippen LogP contribution in [0.5, 0.6) is 0 Å². The number of aliphatic hydroxyl groups is 1. The van der Waals surface area contributed by atoms with E-state index in [0.717, 1.165) is 44.1 Å². The lowest BCUT2D eigenvalue weighted by Gasteiger charge is -2.59. The summed E-state index contributed by atoms with van der Waals surface area (Å²) in [5, 5.41) is 11.8. The average Bonchev–Trinajstić information content (AvgIpc) is 3.39. The van der Waals surface area contributed by atoms with Crippen molar-refractivity contribution in [3.05, 3.63) is 23.8 Å². The molecular weight excluding hydrogens is 512 g/mol. The molecule has 0 aromatic heterocycles. The number of aliphatic hydroxyl groups excluding tert-OH is 1. The molecule has 4 aliphatic carbocycles. The summed E-state index contributed by atoms with van der Waals surface area (Å²) in [6.07, 6.45) is 10.8. The molecule has 0 spiro atoms. The van der Waals surface area contributed by atoms with Crippen LogP contribution in [-0.2, 0) is 28.5 Å². The molecule has 8 heteroatoms. The fraction of sp³-hybridized carbons (Fsp3) is 0.781. The van der Waals surface area contributed by atoms with Crippen molar-refractivity contribution in [1.29, 1.82) is 0 Å². The summed E-state index contributed by atoms with van der Waals surface area (Å²) in [5.74, 6) is -0.132. The van der Waals surface area contributed by atoms with Crippen LogP contribution >= 0.6 is 0 Å². The van der Waals surface area contributed by atoms with Crippen LogP contribution in [-0.4, -0.2) is 60.1 Å². The Morgan fingerprint density at radius 1 is 1.12 bits per heavy atom. The fourth-order valence-electron chi connectivity index (χ4n) is 8.87. The minimum Gasteiger partial charge on any atom is -0.434 e. The van der Waals surface area contributed by atoms with E-state index in [0.29, 0.717) is 25.7 Å². The average molecular weight is 559 g/mol. The molecule has 0 amide bonds. The highest BCUT2D eigenvalue weighted by atomic mass is 16.7. The first-order chi connectivity index (χ1) is 19.1. The van der Waals surface area contributed by atoms with Gasteiger partial charge in [0.25, 0.3) is 0 Å². The van der Waals surface area contributed by atoms with E-state index in [4.69, 9.17) is 18.9 Å². The number of rotatable bonds is 10. The van der Waals surface area contributed by atoms with Gasteiger partial charge in [-0.15, -0.1) is 0 Å². The molecule has 9 atom stereocenters. The van der Waals surface area contributed by atoms with Crippen LogP contribution in [0.3, 0.4) is 0 Å². The first kappa shape index (κ1) is 29.5. The summed E-state index contributed by atoms with van der Waals surface area (Å²) < 4.78 is 23.5. The van der Waals surface area contributed by atoms with Gasteiger partial charge in [0.15, 0.2) is 24.3 Å². The summed E-state index contributed by atoms with van der Waals surface area (Å²) >= 11 is 0. The summed E-state index contributed by atoms with van der Waals surface area (Å²) in [5.41, 5.74) is -1.33. The van der Waals surface area contributed by atoms with Crippen molar-refractivity contribution in [2.75, 3.05) is 13.2 Å². The summed E-state index contributed by atoms with van der Waals surface area (Å²) in [6, 6.07) is 0. The SMILES string of the molecule is CCCCCCOC(=O)OCC(=O)[C@@]12OC(CCC)O[C@@H]1CC1C3CC=C4CC(=O)C=C[C@]4(C)[C@H]3[C@@H](O)C[C@@]12C. The van der Waals surface area contributed by atoms with Crippen LogP contribution in [0.4, 0.5) is 4.79 Å². The van der Waals surface area contributed by atoms with Gasteiger partial charge in [0, 0.05) is 23.2 Å². The first-order valence-electron chi connectivity index (χ1n) is 15.4. The van der Waals surface area contributed by atoms with Crippen LogP contribution < -0.4 is 0 Å². The molecule has 1 heterocycles. The Labute approximate surface area is 237 Å². The Bertz CT molecular complexity index is 1070. The number of ether oxygens (including phenoxy) is 4. The van der Waals surface area contributed by atoms with E-state index >= 15 is 0 Å². The Balaban J connectivity index is 1.38. The van der Waals surface area contributed by atoms with Crippen molar-refractivity contribution in [2.45, 2.75) is 116 Å². The molecule has 2 saturated carbocycles. The lowest BCUT2D eigenvalue weighted by molar-refractivity contribution is -0.198. The minimum absolute atomic E-state index is 0.0589. The van der Waals surface area contributed by atoms with Gasteiger partial charge in [-0.05, 0) is 50.0 Å². The molecule has 0 bridgehead atoms. The van der Waals surface area contributed by atoms with E-state index < -0.39 is 47.7 Å². The quantitative estimate of drug-likeness (QED) is 0.214. The highest BCUT2D eigenvalue weighted by molar-refractivity contribution is 5.93. The fourth-order valence-corrected chi connectivity index (χ4v) is 8.87. The molecule has 0 aromatic carbocycles. The summed E-state index contributed by atoms with van der Waals surface area (Å²) in [7, 11) is 0. The van der Waals surface area contributed by atoms with E-state index in [9.17, 15) is 19.5 Å². The molecular formula is C32H46O8. The lowest BCUT2D eigenvalue weighted by atomic mass is 9.47. The van der Waals surface area contributed by atoms with Crippen molar-refractivity contribution in [3.8, 4) is 0 Å². The second kappa shape index (κ2) is 11.3. The number of carbonyl (C=O) groups is 3. The predicted molar refractivity (Wildman–Crippen MR) is 147 cm³/mol. The van der Waals surface area contributed by atoms with Gasteiger partial charge in [0.1, 0.15) is 0 Å². The topological polar surface area (TPSA) is 108 Å². The summed E-state index contributed by atoms with van der Waals surface area (Å²) in [4.78, 5) is 38.6. The number of carbonyl (C=O) groups excluding carboxylic acids is 3. The standard InChI is InChI=1S/C32H46O8/c1-5-7-8-9-15-37-29(36)38-19-25(35)32-26(39-27(40-32)10-6-2)17-23-22-12-11-20-16-21(33)13-14-30(20,3)28(22)24(34)18-31(23,32)4/h11,13-14,22-24,26-28,34H,5-10,12,15-19H2,1-4H3/t22?,23?,24-,26+,27?,28+,30-,31-,32+/m0/s1. The van der Waals surface area contributed by atoms with Crippen LogP contribution in [0.25, 0.3) is 0 Å². The highest BCUT2D eigenvalue weighted by Gasteiger charge is 2.75. The van der Waals surface area contributed by atoms with Gasteiger partial charge < -0.3 is 24.1 Å². The second-order valence-corrected chi connectivity index (χ2v) is 13.0. The molecule has 1 aliphatic heterocycles. The van der Waals surface area contributed by atoms with Crippen LogP contribution in [0.2, 0.25) is 0 Å². The van der Waals surface area contributed by atoms with E-state index in [1.807, 2.05) is 13.0 Å². The smallest absolute Gasteiger partial charge is 0.434 e. The van der Waals surface area contributed by atoms with Gasteiger partial charge in [-0.2, -0.15) is 0 Å². The lowest BCUT2D eigenvalue weighted by Crippen LogP contribution is -2.63. The normalized spacial score (nSPS) is 41.4. The Morgan fingerprint density at radius 3 is 2.67 bits per heavy atom. The van der Waals surface area contributed by atoms with Crippen molar-refractivity contribution in [1.82, 2.24) is 0 Å². The van der Waals surface area contributed by atoms with Gasteiger partial charge in [-0.1, -0.05) is 71.1 Å². The largest absolute Gasteiger partial charge is 0.508 e. The third-order valence-corrected chi connectivity index (χ3v) is 10.7. The second-order valence-electron chi connectivity index (χ2n) is 13.0. The van der Waals surface area contributed by atoms with Crippen molar-refractivity contribution in [3.63, 3.8) is 0 Å². The maximum Gasteiger partial charge on any atom is 0.508 e. The monoisotopic (exact) mass is 558 g/mol. The van der Waals surface area contributed by atoms with Crippen molar-refractivity contribution in [2.24, 2.45) is 28.6 Å². The number of Topliss-reactive ketones (excluding diaryl/α,β-unsaturated/α-hetero) is 1. The number of hydrogen-bond acceptors (Lipinski definition) is 8. The molecule has 3 unspecified atom stereocenters. The number of unbranched alkanes of at least 4 members (excludes halogenated alkanes) is 3. The maximum absolute atomic E-state index is 14.1. The third-order valence-electron chi connectivity index (χ3n) is 10.7. The number of allylic oxidation sites excluding steroid dienone is 4. The number of fused-ring (bicyclic) bond motifs is 7.